The molecule has 0 aliphatic rings. The van der Waals surface area contributed by atoms with Crippen molar-refractivity contribution in [3.05, 3.63) is 46.9 Å². The highest BCUT2D eigenvalue weighted by Gasteiger charge is 2.21. The summed E-state index contributed by atoms with van der Waals surface area (Å²) in [5, 5.41) is 12.0. The summed E-state index contributed by atoms with van der Waals surface area (Å²) in [5.74, 6) is -0.294. The molecular formula is C15H10N2O3. The van der Waals surface area contributed by atoms with Gasteiger partial charge in [-0.15, -0.1) is 0 Å². The van der Waals surface area contributed by atoms with Gasteiger partial charge in [0, 0.05) is 17.0 Å². The Labute approximate surface area is 113 Å². The molecule has 0 aliphatic carbocycles. The van der Waals surface area contributed by atoms with E-state index >= 15 is 0 Å². The van der Waals surface area contributed by atoms with Crippen molar-refractivity contribution in [1.29, 1.82) is 0 Å². The van der Waals surface area contributed by atoms with E-state index in [1.807, 2.05) is 30.3 Å². The molecule has 4 rings (SSSR count). The molecule has 3 aromatic heterocycles. The average Bonchev–Trinajstić information content (AvgIpc) is 2.81. The summed E-state index contributed by atoms with van der Waals surface area (Å²) in [7, 11) is 1.36. The van der Waals surface area contributed by atoms with E-state index in [2.05, 4.69) is 4.98 Å². The lowest BCUT2D eigenvalue weighted by Crippen LogP contribution is -2.15. The van der Waals surface area contributed by atoms with E-state index in [1.165, 1.54) is 7.11 Å². The van der Waals surface area contributed by atoms with Crippen molar-refractivity contribution in [3.8, 4) is 11.5 Å². The number of methoxy groups -OCH3 is 1. The highest BCUT2D eigenvalue weighted by atomic mass is 16.5. The summed E-state index contributed by atoms with van der Waals surface area (Å²) in [5.41, 5.74) is 1.40. The van der Waals surface area contributed by atoms with Crippen molar-refractivity contribution >= 4 is 27.3 Å². The molecule has 0 spiro atoms. The Morgan fingerprint density at radius 1 is 1.20 bits per heavy atom. The van der Waals surface area contributed by atoms with Gasteiger partial charge in [-0.2, -0.15) is 0 Å². The van der Waals surface area contributed by atoms with E-state index in [9.17, 15) is 9.90 Å². The van der Waals surface area contributed by atoms with Gasteiger partial charge < -0.3 is 9.84 Å². The van der Waals surface area contributed by atoms with E-state index < -0.39 is 0 Å². The molecule has 98 valence electrons. The van der Waals surface area contributed by atoms with Gasteiger partial charge in [0.1, 0.15) is 5.52 Å². The van der Waals surface area contributed by atoms with Crippen LogP contribution in [0.3, 0.4) is 0 Å². The van der Waals surface area contributed by atoms with Gasteiger partial charge in [0.2, 0.25) is 5.75 Å². The van der Waals surface area contributed by atoms with Gasteiger partial charge in [0.15, 0.2) is 5.75 Å². The first-order valence-corrected chi connectivity index (χ1v) is 6.14. The Morgan fingerprint density at radius 3 is 2.80 bits per heavy atom. The second-order valence-electron chi connectivity index (χ2n) is 4.60. The molecule has 3 heterocycles. The van der Waals surface area contributed by atoms with E-state index in [0.717, 1.165) is 16.3 Å². The fourth-order valence-electron chi connectivity index (χ4n) is 2.79. The Balaban J connectivity index is 2.49. The summed E-state index contributed by atoms with van der Waals surface area (Å²) < 4.78 is 6.59. The lowest BCUT2D eigenvalue weighted by Gasteiger charge is -2.06. The molecule has 5 heteroatoms. The fraction of sp³-hybridized carbons (Fsp3) is 0.0667. The quantitative estimate of drug-likeness (QED) is 0.573. The van der Waals surface area contributed by atoms with Crippen LogP contribution >= 0.6 is 0 Å². The second kappa shape index (κ2) is 3.60. The molecule has 5 nitrogen and oxygen atoms in total. The molecule has 0 saturated heterocycles. The second-order valence-corrected chi connectivity index (χ2v) is 4.60. The number of ether oxygens (including phenoxy) is 1. The van der Waals surface area contributed by atoms with Crippen molar-refractivity contribution in [1.82, 2.24) is 9.38 Å². The van der Waals surface area contributed by atoms with Gasteiger partial charge in [-0.3, -0.25) is 14.2 Å². The summed E-state index contributed by atoms with van der Waals surface area (Å²) in [6, 6.07) is 9.44. The monoisotopic (exact) mass is 266 g/mol. The summed E-state index contributed by atoms with van der Waals surface area (Å²) in [6.45, 7) is 0. The Bertz CT molecular complexity index is 1020. The normalized spacial score (nSPS) is 11.7. The van der Waals surface area contributed by atoms with Crippen LogP contribution in [0, 0.1) is 0 Å². The summed E-state index contributed by atoms with van der Waals surface area (Å²) in [4.78, 5) is 16.7. The predicted octanol–water partition coefficient (Wildman–Crippen LogP) is 2.15. The summed E-state index contributed by atoms with van der Waals surface area (Å²) in [6.07, 6.45) is 1.62. The Kier molecular flexibility index (Phi) is 1.99. The Morgan fingerprint density at radius 2 is 2.00 bits per heavy atom. The molecule has 0 bridgehead atoms. The van der Waals surface area contributed by atoms with Crippen LogP contribution in [-0.2, 0) is 0 Å². The number of aromatic hydroxyl groups is 1. The van der Waals surface area contributed by atoms with Gasteiger partial charge in [-0.1, -0.05) is 18.2 Å². The minimum absolute atomic E-state index is 0.0844. The molecule has 20 heavy (non-hydrogen) atoms. The molecule has 4 aromatic rings. The molecule has 1 aromatic carbocycles. The van der Waals surface area contributed by atoms with Gasteiger partial charge in [0.05, 0.1) is 18.1 Å². The molecule has 0 fully saturated rings. The molecule has 0 saturated carbocycles. The number of pyridine rings is 2. The lowest BCUT2D eigenvalue weighted by molar-refractivity contribution is 0.370. The van der Waals surface area contributed by atoms with Crippen LogP contribution in [-0.4, -0.2) is 21.6 Å². The van der Waals surface area contributed by atoms with E-state index in [0.29, 0.717) is 11.0 Å². The highest BCUT2D eigenvalue weighted by Crippen LogP contribution is 2.36. The van der Waals surface area contributed by atoms with Crippen LogP contribution in [0.5, 0.6) is 11.5 Å². The van der Waals surface area contributed by atoms with Crippen LogP contribution in [0.15, 0.2) is 41.3 Å². The first-order valence-electron chi connectivity index (χ1n) is 6.14. The molecule has 0 aliphatic heterocycles. The van der Waals surface area contributed by atoms with Crippen LogP contribution in [0.4, 0.5) is 0 Å². The van der Waals surface area contributed by atoms with Crippen molar-refractivity contribution in [3.63, 3.8) is 0 Å². The van der Waals surface area contributed by atoms with E-state index in [-0.39, 0.29) is 17.1 Å². The topological polar surface area (TPSA) is 63.8 Å². The highest BCUT2D eigenvalue weighted by molar-refractivity contribution is 6.14. The zero-order valence-electron chi connectivity index (χ0n) is 10.6. The number of nitrogens with zero attached hydrogens (tertiary/aromatic N) is 2. The maximum absolute atomic E-state index is 12.5. The zero-order valence-corrected chi connectivity index (χ0v) is 10.6. The number of para-hydroxylation sites is 1. The predicted molar refractivity (Wildman–Crippen MR) is 75.9 cm³/mol. The number of fused-ring (bicyclic) bond motifs is 3. The fourth-order valence-corrected chi connectivity index (χ4v) is 2.79. The number of hydrogen-bond donors (Lipinski definition) is 1. The standard InChI is InChI=1S/C15H10N2O3/c1-20-14-13(18)11-12-9(6-7-16-11)8-4-2-3-5-10(8)17(12)15(14)19/h2-7,18H,1H3. The minimum Gasteiger partial charge on any atom is -0.503 e. The van der Waals surface area contributed by atoms with E-state index in [1.54, 1.807) is 10.6 Å². The number of rotatable bonds is 1. The molecule has 1 N–H and O–H groups in total. The number of benzene rings is 1. The minimum atomic E-state index is -0.378. The largest absolute Gasteiger partial charge is 0.503 e. The average molecular weight is 266 g/mol. The van der Waals surface area contributed by atoms with Crippen molar-refractivity contribution in [2.24, 2.45) is 0 Å². The van der Waals surface area contributed by atoms with E-state index in [4.69, 9.17) is 4.74 Å². The molecule has 0 atom stereocenters. The first-order chi connectivity index (χ1) is 9.74. The lowest BCUT2D eigenvalue weighted by atomic mass is 10.2. The van der Waals surface area contributed by atoms with Crippen molar-refractivity contribution in [2.75, 3.05) is 7.11 Å². The first kappa shape index (κ1) is 11.0. The number of aromatic nitrogens is 2. The smallest absolute Gasteiger partial charge is 0.302 e. The van der Waals surface area contributed by atoms with Crippen LogP contribution in [0.2, 0.25) is 0 Å². The van der Waals surface area contributed by atoms with Crippen LogP contribution in [0.25, 0.3) is 27.3 Å². The van der Waals surface area contributed by atoms with Gasteiger partial charge in [-0.25, -0.2) is 0 Å². The van der Waals surface area contributed by atoms with Crippen LogP contribution < -0.4 is 10.3 Å². The molecule has 0 amide bonds. The van der Waals surface area contributed by atoms with Gasteiger partial charge in [0.25, 0.3) is 0 Å². The van der Waals surface area contributed by atoms with Gasteiger partial charge in [-0.05, 0) is 12.1 Å². The Hall–Kier alpha value is -2.82. The summed E-state index contributed by atoms with van der Waals surface area (Å²) >= 11 is 0. The van der Waals surface area contributed by atoms with Crippen LogP contribution in [0.1, 0.15) is 0 Å². The van der Waals surface area contributed by atoms with Crippen molar-refractivity contribution < 1.29 is 9.84 Å². The number of hydrogen-bond acceptors (Lipinski definition) is 4. The van der Waals surface area contributed by atoms with Crippen molar-refractivity contribution in [2.45, 2.75) is 0 Å². The zero-order chi connectivity index (χ0) is 13.9. The molecular weight excluding hydrogens is 256 g/mol. The van der Waals surface area contributed by atoms with Gasteiger partial charge >= 0.3 is 5.56 Å². The molecule has 0 unspecified atom stereocenters. The third-order valence-corrected chi connectivity index (χ3v) is 3.62. The SMILES string of the molecule is COc1c(O)c2nccc3c4ccccc4n(c1=O)c23. The molecule has 0 radical (unpaired) electrons. The third-order valence-electron chi connectivity index (χ3n) is 3.62. The maximum atomic E-state index is 12.5. The maximum Gasteiger partial charge on any atom is 0.302 e. The third kappa shape index (κ3) is 1.12.